The largest absolute Gasteiger partial charge is 0.370 e. The summed E-state index contributed by atoms with van der Waals surface area (Å²) in [5, 5.41) is 4.81. The van der Waals surface area contributed by atoms with E-state index in [-0.39, 0.29) is 12.5 Å². The maximum absolute atomic E-state index is 11.2. The minimum Gasteiger partial charge on any atom is -0.370 e. The van der Waals surface area contributed by atoms with Gasteiger partial charge in [-0.15, -0.1) is 11.3 Å². The Kier molecular flexibility index (Phi) is 5.99. The van der Waals surface area contributed by atoms with Crippen LogP contribution in [0.3, 0.4) is 0 Å². The number of carbonyl (C=O) groups is 1. The molecule has 84 valence electrons. The van der Waals surface area contributed by atoms with Crippen molar-refractivity contribution in [3.8, 4) is 0 Å². The van der Waals surface area contributed by atoms with E-state index < -0.39 is 0 Å². The van der Waals surface area contributed by atoms with Crippen molar-refractivity contribution in [2.24, 2.45) is 5.73 Å². The highest BCUT2D eigenvalue weighted by Crippen LogP contribution is 2.07. The van der Waals surface area contributed by atoms with Crippen molar-refractivity contribution < 1.29 is 9.53 Å². The molecule has 1 aromatic heterocycles. The van der Waals surface area contributed by atoms with E-state index in [1.54, 1.807) is 11.3 Å². The highest BCUT2D eigenvalue weighted by molar-refractivity contribution is 7.09. The number of amides is 1. The van der Waals surface area contributed by atoms with Crippen LogP contribution < -0.4 is 11.1 Å². The number of nitrogens with one attached hydrogen (secondary N) is 1. The van der Waals surface area contributed by atoms with E-state index in [4.69, 9.17) is 10.5 Å². The van der Waals surface area contributed by atoms with Gasteiger partial charge in [0.25, 0.3) is 0 Å². The van der Waals surface area contributed by atoms with Crippen LogP contribution >= 0.6 is 11.3 Å². The molecule has 0 aliphatic carbocycles. The molecule has 0 radical (unpaired) electrons. The first kappa shape index (κ1) is 12.2. The van der Waals surface area contributed by atoms with Crippen molar-refractivity contribution in [1.29, 1.82) is 0 Å². The lowest BCUT2D eigenvalue weighted by Gasteiger charge is -2.04. The van der Waals surface area contributed by atoms with Crippen molar-refractivity contribution >= 4 is 17.2 Å². The molecule has 0 saturated carbocycles. The number of nitrogens with two attached hydrogens (primary N) is 1. The normalized spacial score (nSPS) is 10.2. The number of hydrogen-bond donors (Lipinski definition) is 2. The third-order valence-electron chi connectivity index (χ3n) is 1.77. The van der Waals surface area contributed by atoms with Gasteiger partial charge in [-0.3, -0.25) is 4.79 Å². The Morgan fingerprint density at radius 3 is 3.13 bits per heavy atom. The van der Waals surface area contributed by atoms with Gasteiger partial charge in [0.05, 0.1) is 6.61 Å². The van der Waals surface area contributed by atoms with Crippen LogP contribution in [0, 0.1) is 0 Å². The summed E-state index contributed by atoms with van der Waals surface area (Å²) >= 11 is 1.70. The average molecular weight is 228 g/mol. The fourth-order valence-electron chi connectivity index (χ4n) is 1.08. The Hall–Kier alpha value is -0.910. The molecule has 1 aromatic rings. The number of rotatable bonds is 7. The van der Waals surface area contributed by atoms with Gasteiger partial charge in [-0.2, -0.15) is 0 Å². The Bertz CT molecular complexity index is 275. The standard InChI is InChI=1S/C10H16N2O2S/c11-4-6-14-8-10(13)12-5-3-9-2-1-7-15-9/h1-2,7H,3-6,8,11H2,(H,12,13). The Balaban J connectivity index is 2.02. The third-order valence-corrected chi connectivity index (χ3v) is 2.71. The molecular formula is C10H16N2O2S. The second-order valence-corrected chi connectivity index (χ2v) is 4.05. The first-order valence-electron chi connectivity index (χ1n) is 4.90. The highest BCUT2D eigenvalue weighted by atomic mass is 32.1. The zero-order chi connectivity index (χ0) is 10.9. The van der Waals surface area contributed by atoms with Gasteiger partial charge in [0.2, 0.25) is 5.91 Å². The van der Waals surface area contributed by atoms with Crippen LogP contribution in [0.1, 0.15) is 4.88 Å². The van der Waals surface area contributed by atoms with Crippen molar-refractivity contribution in [3.63, 3.8) is 0 Å². The highest BCUT2D eigenvalue weighted by Gasteiger charge is 2.00. The van der Waals surface area contributed by atoms with Crippen molar-refractivity contribution in [2.75, 3.05) is 26.3 Å². The molecule has 1 heterocycles. The molecule has 1 amide bonds. The zero-order valence-corrected chi connectivity index (χ0v) is 9.39. The minimum absolute atomic E-state index is 0.0833. The van der Waals surface area contributed by atoms with E-state index in [1.165, 1.54) is 4.88 Å². The van der Waals surface area contributed by atoms with Gasteiger partial charge in [-0.1, -0.05) is 6.07 Å². The molecule has 1 rings (SSSR count). The van der Waals surface area contributed by atoms with Gasteiger partial charge in [0, 0.05) is 18.0 Å². The van der Waals surface area contributed by atoms with Gasteiger partial charge in [0.15, 0.2) is 0 Å². The SMILES string of the molecule is NCCOCC(=O)NCCc1cccs1. The lowest BCUT2D eigenvalue weighted by atomic mass is 10.3. The molecular weight excluding hydrogens is 212 g/mol. The number of hydrogen-bond acceptors (Lipinski definition) is 4. The molecule has 15 heavy (non-hydrogen) atoms. The molecule has 0 aromatic carbocycles. The van der Waals surface area contributed by atoms with Gasteiger partial charge in [0.1, 0.15) is 6.61 Å². The van der Waals surface area contributed by atoms with Crippen LogP contribution in [0.4, 0.5) is 0 Å². The number of thiophene rings is 1. The molecule has 0 aliphatic heterocycles. The number of carbonyl (C=O) groups excluding carboxylic acids is 1. The molecule has 0 unspecified atom stereocenters. The van der Waals surface area contributed by atoms with E-state index in [1.807, 2.05) is 11.4 Å². The number of ether oxygens (including phenoxy) is 1. The van der Waals surface area contributed by atoms with Gasteiger partial charge in [-0.25, -0.2) is 0 Å². The van der Waals surface area contributed by atoms with Gasteiger partial charge >= 0.3 is 0 Å². The maximum Gasteiger partial charge on any atom is 0.246 e. The monoisotopic (exact) mass is 228 g/mol. The smallest absolute Gasteiger partial charge is 0.246 e. The summed E-state index contributed by atoms with van der Waals surface area (Å²) in [4.78, 5) is 12.4. The molecule has 0 spiro atoms. The lowest BCUT2D eigenvalue weighted by Crippen LogP contribution is -2.30. The molecule has 0 aliphatic rings. The Morgan fingerprint density at radius 1 is 1.60 bits per heavy atom. The summed E-state index contributed by atoms with van der Waals surface area (Å²) in [6.45, 7) is 1.63. The summed E-state index contributed by atoms with van der Waals surface area (Å²) in [6, 6.07) is 4.06. The predicted molar refractivity (Wildman–Crippen MR) is 60.9 cm³/mol. The van der Waals surface area contributed by atoms with Crippen molar-refractivity contribution in [2.45, 2.75) is 6.42 Å². The Morgan fingerprint density at radius 2 is 2.47 bits per heavy atom. The lowest BCUT2D eigenvalue weighted by molar-refractivity contribution is -0.125. The van der Waals surface area contributed by atoms with Gasteiger partial charge in [-0.05, 0) is 17.9 Å². The second-order valence-electron chi connectivity index (χ2n) is 3.02. The molecule has 0 saturated heterocycles. The fourth-order valence-corrected chi connectivity index (χ4v) is 1.79. The topological polar surface area (TPSA) is 64.3 Å². The molecule has 0 atom stereocenters. The quantitative estimate of drug-likeness (QED) is 0.663. The van der Waals surface area contributed by atoms with Gasteiger partial charge < -0.3 is 15.8 Å². The molecule has 4 nitrogen and oxygen atoms in total. The zero-order valence-electron chi connectivity index (χ0n) is 8.57. The van der Waals surface area contributed by atoms with E-state index in [9.17, 15) is 4.79 Å². The van der Waals surface area contributed by atoms with Crippen LogP contribution in [0.5, 0.6) is 0 Å². The summed E-state index contributed by atoms with van der Waals surface area (Å²) in [6.07, 6.45) is 0.875. The molecule has 0 fully saturated rings. The molecule has 0 bridgehead atoms. The first-order chi connectivity index (χ1) is 7.33. The predicted octanol–water partition coefficient (Wildman–Crippen LogP) is 0.382. The van der Waals surface area contributed by atoms with Crippen molar-refractivity contribution in [3.05, 3.63) is 22.4 Å². The third kappa shape index (κ3) is 5.51. The van der Waals surface area contributed by atoms with Crippen LogP contribution in [0.15, 0.2) is 17.5 Å². The summed E-state index contributed by atoms with van der Waals surface area (Å²) in [5.41, 5.74) is 5.22. The van der Waals surface area contributed by atoms with Crippen LogP contribution in [-0.2, 0) is 16.0 Å². The molecule has 5 heteroatoms. The van der Waals surface area contributed by atoms with E-state index in [0.717, 1.165) is 6.42 Å². The van der Waals surface area contributed by atoms with E-state index in [2.05, 4.69) is 11.4 Å². The average Bonchev–Trinajstić information content (AvgIpc) is 2.71. The summed E-state index contributed by atoms with van der Waals surface area (Å²) in [7, 11) is 0. The van der Waals surface area contributed by atoms with Crippen LogP contribution in [-0.4, -0.2) is 32.2 Å². The van der Waals surface area contributed by atoms with Crippen LogP contribution in [0.25, 0.3) is 0 Å². The van der Waals surface area contributed by atoms with E-state index >= 15 is 0 Å². The van der Waals surface area contributed by atoms with Crippen LogP contribution in [0.2, 0.25) is 0 Å². The summed E-state index contributed by atoms with van der Waals surface area (Å²) < 4.78 is 5.00. The van der Waals surface area contributed by atoms with E-state index in [0.29, 0.717) is 19.7 Å². The maximum atomic E-state index is 11.2. The first-order valence-corrected chi connectivity index (χ1v) is 5.78. The fraction of sp³-hybridized carbons (Fsp3) is 0.500. The minimum atomic E-state index is -0.0833. The Labute approximate surface area is 93.4 Å². The second kappa shape index (κ2) is 7.39. The molecule has 3 N–H and O–H groups in total. The summed E-state index contributed by atoms with van der Waals surface area (Å²) in [5.74, 6) is -0.0833. The van der Waals surface area contributed by atoms with Crippen molar-refractivity contribution in [1.82, 2.24) is 5.32 Å².